The van der Waals surface area contributed by atoms with Crippen LogP contribution in [0.1, 0.15) is 21.5 Å². The molecule has 1 aliphatic heterocycles. The predicted octanol–water partition coefficient (Wildman–Crippen LogP) is 4.16. The van der Waals surface area contributed by atoms with E-state index in [0.717, 1.165) is 62.4 Å². The summed E-state index contributed by atoms with van der Waals surface area (Å²) in [5, 5.41) is 3.10. The molecule has 0 spiro atoms. The summed E-state index contributed by atoms with van der Waals surface area (Å²) in [4.78, 5) is 17.5. The molecular formula is C27H30FN3O. The second kappa shape index (κ2) is 10.9. The largest absolute Gasteiger partial charge is 0.369 e. The van der Waals surface area contributed by atoms with Crippen LogP contribution in [0.3, 0.4) is 0 Å². The average molecular weight is 432 g/mol. The fourth-order valence-corrected chi connectivity index (χ4v) is 4.19. The van der Waals surface area contributed by atoms with Crippen LogP contribution in [0.25, 0.3) is 0 Å². The van der Waals surface area contributed by atoms with Gasteiger partial charge < -0.3 is 10.2 Å². The molecule has 0 unspecified atom stereocenters. The minimum Gasteiger partial charge on any atom is -0.369 e. The van der Waals surface area contributed by atoms with Gasteiger partial charge in [-0.25, -0.2) is 4.39 Å². The first-order chi connectivity index (χ1) is 15.7. The van der Waals surface area contributed by atoms with Crippen LogP contribution in [0, 0.1) is 5.82 Å². The number of hydrogen-bond acceptors (Lipinski definition) is 3. The number of nitrogens with one attached hydrogen (secondary N) is 1. The molecule has 0 bridgehead atoms. The Kier molecular flexibility index (Phi) is 7.51. The van der Waals surface area contributed by atoms with E-state index in [1.54, 1.807) is 0 Å². The molecule has 3 aromatic rings. The van der Waals surface area contributed by atoms with Crippen molar-refractivity contribution in [1.29, 1.82) is 0 Å². The summed E-state index contributed by atoms with van der Waals surface area (Å²) >= 11 is 0. The Balaban J connectivity index is 1.23. The van der Waals surface area contributed by atoms with Crippen molar-refractivity contribution in [2.75, 3.05) is 44.2 Å². The number of amides is 1. The van der Waals surface area contributed by atoms with Crippen LogP contribution < -0.4 is 10.2 Å². The third-order valence-electron chi connectivity index (χ3n) is 6.07. The predicted molar refractivity (Wildman–Crippen MR) is 128 cm³/mol. The van der Waals surface area contributed by atoms with E-state index in [-0.39, 0.29) is 11.7 Å². The van der Waals surface area contributed by atoms with Crippen LogP contribution in [0.2, 0.25) is 0 Å². The Labute approximate surface area is 189 Å². The van der Waals surface area contributed by atoms with Crippen molar-refractivity contribution in [3.05, 3.63) is 101 Å². The highest BCUT2D eigenvalue weighted by molar-refractivity contribution is 5.95. The highest BCUT2D eigenvalue weighted by atomic mass is 19.1. The van der Waals surface area contributed by atoms with Crippen molar-refractivity contribution in [2.24, 2.45) is 0 Å². The van der Waals surface area contributed by atoms with Crippen molar-refractivity contribution >= 4 is 11.6 Å². The fourth-order valence-electron chi connectivity index (χ4n) is 4.19. The van der Waals surface area contributed by atoms with E-state index in [1.807, 2.05) is 54.6 Å². The second-order valence-corrected chi connectivity index (χ2v) is 8.20. The van der Waals surface area contributed by atoms with Crippen molar-refractivity contribution in [3.8, 4) is 0 Å². The number of piperazine rings is 1. The minimum atomic E-state index is -0.204. The number of carbonyl (C=O) groups excluding carboxylic acids is 1. The number of aryl methyl sites for hydroxylation is 2. The third-order valence-corrected chi connectivity index (χ3v) is 6.07. The lowest BCUT2D eigenvalue weighted by Gasteiger charge is -2.36. The first-order valence-corrected chi connectivity index (χ1v) is 11.3. The molecule has 1 fully saturated rings. The summed E-state index contributed by atoms with van der Waals surface area (Å²) in [7, 11) is 0. The number of benzene rings is 3. The molecular weight excluding hydrogens is 401 g/mol. The maximum absolute atomic E-state index is 13.1. The van der Waals surface area contributed by atoms with Crippen LogP contribution in [0.5, 0.6) is 0 Å². The maximum atomic E-state index is 13.1. The molecule has 5 heteroatoms. The Hall–Kier alpha value is -3.18. The van der Waals surface area contributed by atoms with Gasteiger partial charge in [-0.2, -0.15) is 0 Å². The van der Waals surface area contributed by atoms with Gasteiger partial charge in [-0.15, -0.1) is 0 Å². The Bertz CT molecular complexity index is 999. The summed E-state index contributed by atoms with van der Waals surface area (Å²) in [6.07, 6.45) is 1.77. The molecule has 0 atom stereocenters. The summed E-state index contributed by atoms with van der Waals surface area (Å²) in [5.74, 6) is -0.205. The van der Waals surface area contributed by atoms with Gasteiger partial charge in [0.05, 0.1) is 0 Å². The zero-order valence-electron chi connectivity index (χ0n) is 18.3. The summed E-state index contributed by atoms with van der Waals surface area (Å²) in [6.45, 7) is 5.13. The molecule has 0 aliphatic carbocycles. The third kappa shape index (κ3) is 5.95. The number of hydrogen-bond donors (Lipinski definition) is 1. The van der Waals surface area contributed by atoms with E-state index < -0.39 is 0 Å². The molecule has 32 heavy (non-hydrogen) atoms. The van der Waals surface area contributed by atoms with Gasteiger partial charge >= 0.3 is 0 Å². The minimum absolute atomic E-state index is 0.00129. The summed E-state index contributed by atoms with van der Waals surface area (Å²) in [5.41, 5.74) is 4.19. The van der Waals surface area contributed by atoms with Crippen molar-refractivity contribution in [1.82, 2.24) is 10.2 Å². The SMILES string of the molecule is O=C(NCCN1CCN(c2ccc(F)cc2)CC1)c1ccccc1CCc1ccccc1. The van der Waals surface area contributed by atoms with Gasteiger partial charge in [0.2, 0.25) is 0 Å². The number of nitrogens with zero attached hydrogens (tertiary/aromatic N) is 2. The monoisotopic (exact) mass is 431 g/mol. The van der Waals surface area contributed by atoms with E-state index in [2.05, 4.69) is 27.2 Å². The zero-order chi connectivity index (χ0) is 22.2. The molecule has 1 N–H and O–H groups in total. The van der Waals surface area contributed by atoms with Gasteiger partial charge in [-0.05, 0) is 54.3 Å². The molecule has 3 aromatic carbocycles. The van der Waals surface area contributed by atoms with Crippen molar-refractivity contribution in [3.63, 3.8) is 0 Å². The molecule has 1 heterocycles. The summed E-state index contributed by atoms with van der Waals surface area (Å²) in [6, 6.07) is 24.9. The smallest absolute Gasteiger partial charge is 0.251 e. The highest BCUT2D eigenvalue weighted by Gasteiger charge is 2.17. The number of rotatable bonds is 8. The molecule has 0 aromatic heterocycles. The maximum Gasteiger partial charge on any atom is 0.251 e. The lowest BCUT2D eigenvalue weighted by atomic mass is 9.99. The van der Waals surface area contributed by atoms with Crippen molar-refractivity contribution < 1.29 is 9.18 Å². The van der Waals surface area contributed by atoms with Gasteiger partial charge in [0.15, 0.2) is 0 Å². The van der Waals surface area contributed by atoms with E-state index in [0.29, 0.717) is 6.54 Å². The molecule has 166 valence electrons. The standard InChI is InChI=1S/C27H30FN3O/c28-24-12-14-25(15-13-24)31-20-18-30(19-21-31)17-16-29-27(32)26-9-5-4-8-23(26)11-10-22-6-2-1-3-7-22/h1-9,12-15H,10-11,16-21H2,(H,29,32). The first kappa shape index (κ1) is 22.0. The Morgan fingerprint density at radius 3 is 2.25 bits per heavy atom. The van der Waals surface area contributed by atoms with E-state index in [4.69, 9.17) is 0 Å². The van der Waals surface area contributed by atoms with Gasteiger partial charge in [0.1, 0.15) is 5.82 Å². The lowest BCUT2D eigenvalue weighted by molar-refractivity contribution is 0.0947. The Morgan fingerprint density at radius 2 is 1.50 bits per heavy atom. The van der Waals surface area contributed by atoms with E-state index in [1.165, 1.54) is 17.7 Å². The normalized spacial score (nSPS) is 14.3. The molecule has 1 aliphatic rings. The molecule has 0 saturated carbocycles. The molecule has 4 rings (SSSR count). The van der Waals surface area contributed by atoms with Gasteiger partial charge in [-0.1, -0.05) is 48.5 Å². The zero-order valence-corrected chi connectivity index (χ0v) is 18.3. The van der Waals surface area contributed by atoms with Crippen LogP contribution in [-0.2, 0) is 12.8 Å². The fraction of sp³-hybridized carbons (Fsp3) is 0.296. The van der Waals surface area contributed by atoms with Crippen LogP contribution in [0.4, 0.5) is 10.1 Å². The van der Waals surface area contributed by atoms with Crippen LogP contribution in [-0.4, -0.2) is 50.1 Å². The number of halogens is 1. The van der Waals surface area contributed by atoms with Crippen LogP contribution in [0.15, 0.2) is 78.9 Å². The lowest BCUT2D eigenvalue weighted by Crippen LogP contribution is -2.48. The molecule has 1 amide bonds. The topological polar surface area (TPSA) is 35.6 Å². The molecule has 1 saturated heterocycles. The molecule has 4 nitrogen and oxygen atoms in total. The average Bonchev–Trinajstić information content (AvgIpc) is 2.84. The summed E-state index contributed by atoms with van der Waals surface area (Å²) < 4.78 is 13.1. The van der Waals surface area contributed by atoms with Crippen molar-refractivity contribution in [2.45, 2.75) is 12.8 Å². The Morgan fingerprint density at radius 1 is 0.812 bits per heavy atom. The molecule has 0 radical (unpaired) electrons. The van der Waals surface area contributed by atoms with Gasteiger partial charge in [-0.3, -0.25) is 9.69 Å². The van der Waals surface area contributed by atoms with E-state index in [9.17, 15) is 9.18 Å². The number of anilines is 1. The highest BCUT2D eigenvalue weighted by Crippen LogP contribution is 2.17. The van der Waals surface area contributed by atoms with Gasteiger partial charge in [0, 0.05) is 50.5 Å². The quantitative estimate of drug-likeness (QED) is 0.582. The number of carbonyl (C=O) groups is 1. The van der Waals surface area contributed by atoms with Gasteiger partial charge in [0.25, 0.3) is 5.91 Å². The second-order valence-electron chi connectivity index (χ2n) is 8.20. The first-order valence-electron chi connectivity index (χ1n) is 11.3. The van der Waals surface area contributed by atoms with Crippen LogP contribution >= 0.6 is 0 Å². The van der Waals surface area contributed by atoms with E-state index >= 15 is 0 Å².